The number of hydrogen-bond donors (Lipinski definition) is 1. The van der Waals surface area contributed by atoms with Gasteiger partial charge in [-0.1, -0.05) is 37.3 Å². The first-order chi connectivity index (χ1) is 12.7. The number of carbonyl (C=O) groups is 1. The number of para-hydroxylation sites is 2. The largest absolute Gasteiger partial charge is 0.367 e. The molecule has 0 aromatic heterocycles. The van der Waals surface area contributed by atoms with E-state index in [0.717, 1.165) is 44.1 Å². The zero-order valence-electron chi connectivity index (χ0n) is 15.0. The molecule has 1 saturated heterocycles. The normalized spacial score (nSPS) is 15.4. The van der Waals surface area contributed by atoms with Crippen LogP contribution >= 0.6 is 0 Å². The molecule has 0 saturated carbocycles. The van der Waals surface area contributed by atoms with Crippen LogP contribution in [-0.2, 0) is 4.79 Å². The van der Waals surface area contributed by atoms with Gasteiger partial charge in [-0.15, -0.1) is 0 Å². The first-order valence-electron chi connectivity index (χ1n) is 8.97. The predicted octanol–water partition coefficient (Wildman–Crippen LogP) is 3.62. The summed E-state index contributed by atoms with van der Waals surface area (Å²) in [5.74, 6) is -0.612. The number of amides is 1. The number of benzene rings is 2. The van der Waals surface area contributed by atoms with E-state index >= 15 is 0 Å². The summed E-state index contributed by atoms with van der Waals surface area (Å²) in [6.45, 7) is 7.15. The van der Waals surface area contributed by atoms with Crippen molar-refractivity contribution < 1.29 is 9.18 Å². The van der Waals surface area contributed by atoms with Crippen molar-refractivity contribution in [3.8, 4) is 0 Å². The monoisotopic (exact) mass is 353 g/mol. The van der Waals surface area contributed by atoms with Gasteiger partial charge in [-0.3, -0.25) is 4.79 Å². The number of rotatable bonds is 5. The standard InChI is InChI=1S/C21H24FN3O/c1-2-24-13-15-25(16-14-24)20-10-6-5-9-19(20)23-21(26)12-11-17-7-3-4-8-18(17)22/h3-12H,2,13-16H2,1H3,(H,23,26). The van der Waals surface area contributed by atoms with Crippen LogP contribution in [0, 0.1) is 5.82 Å². The van der Waals surface area contributed by atoms with Crippen LogP contribution in [0.1, 0.15) is 12.5 Å². The Kier molecular flexibility index (Phi) is 6.02. The molecule has 1 aliphatic rings. The van der Waals surface area contributed by atoms with Crippen LogP contribution in [0.2, 0.25) is 0 Å². The molecule has 2 aromatic carbocycles. The fourth-order valence-electron chi connectivity index (χ4n) is 3.11. The fourth-order valence-corrected chi connectivity index (χ4v) is 3.11. The van der Waals surface area contributed by atoms with E-state index in [9.17, 15) is 9.18 Å². The minimum absolute atomic E-state index is 0.270. The number of nitrogens with zero attached hydrogens (tertiary/aromatic N) is 2. The van der Waals surface area contributed by atoms with Crippen LogP contribution in [-0.4, -0.2) is 43.5 Å². The number of halogens is 1. The molecule has 0 aliphatic carbocycles. The van der Waals surface area contributed by atoms with Gasteiger partial charge in [0.25, 0.3) is 0 Å². The van der Waals surface area contributed by atoms with Gasteiger partial charge in [-0.05, 0) is 30.8 Å². The molecule has 1 fully saturated rings. The van der Waals surface area contributed by atoms with E-state index in [2.05, 4.69) is 22.0 Å². The smallest absolute Gasteiger partial charge is 0.248 e. The quantitative estimate of drug-likeness (QED) is 0.834. The molecule has 0 atom stereocenters. The number of likely N-dealkylation sites (N-methyl/N-ethyl adjacent to an activating group) is 1. The Morgan fingerprint density at radius 1 is 1.08 bits per heavy atom. The molecule has 1 amide bonds. The van der Waals surface area contributed by atoms with Gasteiger partial charge >= 0.3 is 0 Å². The van der Waals surface area contributed by atoms with Crippen molar-refractivity contribution >= 4 is 23.4 Å². The first-order valence-corrected chi connectivity index (χ1v) is 8.97. The average Bonchev–Trinajstić information content (AvgIpc) is 2.68. The van der Waals surface area contributed by atoms with Crippen molar-refractivity contribution in [1.29, 1.82) is 0 Å². The Labute approximate surface area is 153 Å². The average molecular weight is 353 g/mol. The molecule has 2 aromatic rings. The summed E-state index contributed by atoms with van der Waals surface area (Å²) in [6, 6.07) is 14.2. The summed E-state index contributed by atoms with van der Waals surface area (Å²) < 4.78 is 13.6. The molecule has 26 heavy (non-hydrogen) atoms. The van der Waals surface area contributed by atoms with E-state index in [-0.39, 0.29) is 11.7 Å². The molecule has 3 rings (SSSR count). The molecule has 136 valence electrons. The molecule has 1 aliphatic heterocycles. The molecule has 1 N–H and O–H groups in total. The van der Waals surface area contributed by atoms with Crippen LogP contribution in [0.5, 0.6) is 0 Å². The van der Waals surface area contributed by atoms with Crippen molar-refractivity contribution in [1.82, 2.24) is 4.90 Å². The second kappa shape index (κ2) is 8.63. The highest BCUT2D eigenvalue weighted by molar-refractivity contribution is 6.03. The predicted molar refractivity (Wildman–Crippen MR) is 105 cm³/mol. The zero-order chi connectivity index (χ0) is 18.4. The van der Waals surface area contributed by atoms with Crippen molar-refractivity contribution in [2.75, 3.05) is 42.9 Å². The Morgan fingerprint density at radius 3 is 2.50 bits per heavy atom. The molecule has 4 nitrogen and oxygen atoms in total. The summed E-state index contributed by atoms with van der Waals surface area (Å²) in [4.78, 5) is 17.0. The number of hydrogen-bond acceptors (Lipinski definition) is 3. The third-order valence-electron chi connectivity index (χ3n) is 4.64. The lowest BCUT2D eigenvalue weighted by molar-refractivity contribution is -0.111. The third kappa shape index (κ3) is 4.49. The summed E-state index contributed by atoms with van der Waals surface area (Å²) in [5.41, 5.74) is 2.20. The van der Waals surface area contributed by atoms with Gasteiger partial charge in [0.05, 0.1) is 11.4 Å². The van der Waals surface area contributed by atoms with Crippen molar-refractivity contribution in [2.24, 2.45) is 0 Å². The van der Waals surface area contributed by atoms with E-state index in [1.807, 2.05) is 24.3 Å². The lowest BCUT2D eigenvalue weighted by Crippen LogP contribution is -2.46. The molecule has 1 heterocycles. The van der Waals surface area contributed by atoms with Crippen molar-refractivity contribution in [3.05, 3.63) is 66.0 Å². The fraction of sp³-hybridized carbons (Fsp3) is 0.286. The second-order valence-electron chi connectivity index (χ2n) is 6.28. The van der Waals surface area contributed by atoms with Crippen molar-refractivity contribution in [3.63, 3.8) is 0 Å². The van der Waals surface area contributed by atoms with Gasteiger partial charge in [0.15, 0.2) is 0 Å². The van der Waals surface area contributed by atoms with E-state index in [4.69, 9.17) is 0 Å². The number of nitrogens with one attached hydrogen (secondary N) is 1. The topological polar surface area (TPSA) is 35.6 Å². The summed E-state index contributed by atoms with van der Waals surface area (Å²) in [6.07, 6.45) is 2.86. The van der Waals surface area contributed by atoms with Gasteiger partial charge in [-0.2, -0.15) is 0 Å². The lowest BCUT2D eigenvalue weighted by atomic mass is 10.2. The first kappa shape index (κ1) is 18.1. The highest BCUT2D eigenvalue weighted by atomic mass is 19.1. The Balaban J connectivity index is 1.68. The molecule has 0 unspecified atom stereocenters. The van der Waals surface area contributed by atoms with E-state index in [1.165, 1.54) is 18.2 Å². The highest BCUT2D eigenvalue weighted by Crippen LogP contribution is 2.26. The Morgan fingerprint density at radius 2 is 1.77 bits per heavy atom. The minimum atomic E-state index is -0.342. The van der Waals surface area contributed by atoms with Gasteiger partial charge in [0.2, 0.25) is 5.91 Å². The summed E-state index contributed by atoms with van der Waals surface area (Å²) in [5, 5.41) is 2.92. The van der Waals surface area contributed by atoms with Crippen LogP contribution in [0.4, 0.5) is 15.8 Å². The molecule has 0 bridgehead atoms. The van der Waals surface area contributed by atoms with Crippen LogP contribution < -0.4 is 10.2 Å². The van der Waals surface area contributed by atoms with Crippen molar-refractivity contribution in [2.45, 2.75) is 6.92 Å². The molecule has 0 radical (unpaired) electrons. The SMILES string of the molecule is CCN1CCN(c2ccccc2NC(=O)C=Cc2ccccc2F)CC1. The molecular formula is C21H24FN3O. The summed E-state index contributed by atoms with van der Waals surface area (Å²) in [7, 11) is 0. The minimum Gasteiger partial charge on any atom is -0.367 e. The summed E-state index contributed by atoms with van der Waals surface area (Å²) >= 11 is 0. The highest BCUT2D eigenvalue weighted by Gasteiger charge is 2.18. The van der Waals surface area contributed by atoms with E-state index in [0.29, 0.717) is 5.56 Å². The maximum Gasteiger partial charge on any atom is 0.248 e. The number of piperazine rings is 1. The second-order valence-corrected chi connectivity index (χ2v) is 6.28. The van der Waals surface area contributed by atoms with E-state index in [1.54, 1.807) is 18.2 Å². The van der Waals surface area contributed by atoms with Crippen LogP contribution in [0.15, 0.2) is 54.6 Å². The zero-order valence-corrected chi connectivity index (χ0v) is 15.0. The van der Waals surface area contributed by atoms with Crippen LogP contribution in [0.3, 0.4) is 0 Å². The van der Waals surface area contributed by atoms with Gasteiger partial charge in [-0.25, -0.2) is 4.39 Å². The van der Waals surface area contributed by atoms with Gasteiger partial charge in [0, 0.05) is 37.8 Å². The molecular weight excluding hydrogens is 329 g/mol. The third-order valence-corrected chi connectivity index (χ3v) is 4.64. The molecule has 5 heteroatoms. The number of carbonyl (C=O) groups excluding carboxylic acids is 1. The molecule has 0 spiro atoms. The Hall–Kier alpha value is -2.66. The maximum atomic E-state index is 13.6. The van der Waals surface area contributed by atoms with Crippen LogP contribution in [0.25, 0.3) is 6.08 Å². The Bertz CT molecular complexity index is 782. The van der Waals surface area contributed by atoms with Gasteiger partial charge in [0.1, 0.15) is 5.82 Å². The number of anilines is 2. The van der Waals surface area contributed by atoms with E-state index < -0.39 is 0 Å². The maximum absolute atomic E-state index is 13.6. The van der Waals surface area contributed by atoms with Gasteiger partial charge < -0.3 is 15.1 Å². The lowest BCUT2D eigenvalue weighted by Gasteiger charge is -2.36.